The first-order valence-corrected chi connectivity index (χ1v) is 13.4. The standard InChI is InChI=1S/2C4H10O2S.2C4H9O2S.Mg.Ti/c4*5-1-3-7-4-2-6;;/h2*5-6H,1-4H2;2*5H,1-4H2;;/q;;2*-1;+2;. The summed E-state index contributed by atoms with van der Waals surface area (Å²) in [5.41, 5.74) is 0. The maximum absolute atomic E-state index is 9.70. The summed E-state index contributed by atoms with van der Waals surface area (Å²) in [6.07, 6.45) is 0. The Morgan fingerprint density at radius 3 is 0.700 bits per heavy atom. The maximum Gasteiger partial charge on any atom is 2.00 e. The summed E-state index contributed by atoms with van der Waals surface area (Å²) in [4.78, 5) is 0. The Balaban J connectivity index is -0.0000000626. The summed E-state index contributed by atoms with van der Waals surface area (Å²) >= 11 is 6.09. The summed E-state index contributed by atoms with van der Waals surface area (Å²) in [6.45, 7) is 1.15. The van der Waals surface area contributed by atoms with E-state index in [2.05, 4.69) is 0 Å². The van der Waals surface area contributed by atoms with Crippen LogP contribution in [0.15, 0.2) is 0 Å². The van der Waals surface area contributed by atoms with Gasteiger partial charge in [0, 0.05) is 56.2 Å². The largest absolute Gasteiger partial charge is 2.00 e. The van der Waals surface area contributed by atoms with Gasteiger partial charge in [-0.25, -0.2) is 0 Å². The van der Waals surface area contributed by atoms with Crippen LogP contribution in [-0.2, 0) is 21.7 Å². The first-order chi connectivity index (χ1) is 13.7. The zero-order valence-corrected chi connectivity index (χ0v) is 23.9. The van der Waals surface area contributed by atoms with Crippen LogP contribution in [0.4, 0.5) is 0 Å². The van der Waals surface area contributed by atoms with Gasteiger partial charge in [0.1, 0.15) is 0 Å². The number of aliphatic hydroxyl groups excluding tert-OH is 6. The molecule has 0 aromatic rings. The summed E-state index contributed by atoms with van der Waals surface area (Å²) in [6, 6.07) is 0. The summed E-state index contributed by atoms with van der Waals surface area (Å²) in [5, 5.41) is 68.5. The van der Waals surface area contributed by atoms with E-state index in [1.54, 1.807) is 23.5 Å². The van der Waals surface area contributed by atoms with Crippen LogP contribution in [0.3, 0.4) is 0 Å². The molecule has 0 aromatic carbocycles. The van der Waals surface area contributed by atoms with Crippen molar-refractivity contribution in [1.29, 1.82) is 0 Å². The molecule has 6 N–H and O–H groups in total. The first kappa shape index (κ1) is 46.0. The third-order valence-electron chi connectivity index (χ3n) is 1.87. The van der Waals surface area contributed by atoms with Gasteiger partial charge in [0.2, 0.25) is 0 Å². The van der Waals surface area contributed by atoms with Crippen molar-refractivity contribution in [2.24, 2.45) is 0 Å². The molecule has 0 amide bonds. The molecule has 180 valence electrons. The van der Waals surface area contributed by atoms with Crippen molar-refractivity contribution in [3.8, 4) is 0 Å². The third kappa shape index (κ3) is 77.5. The molecule has 0 spiro atoms. The Hall–Kier alpha value is 2.56. The van der Waals surface area contributed by atoms with Gasteiger partial charge >= 0.3 is 23.1 Å². The average Bonchev–Trinajstić information content (AvgIpc) is 2.71. The van der Waals surface area contributed by atoms with Crippen LogP contribution >= 0.6 is 47.0 Å². The normalized spacial score (nSPS) is 8.80. The summed E-state index contributed by atoms with van der Waals surface area (Å²) < 4.78 is 0. The fraction of sp³-hybridized carbons (Fsp3) is 1.00. The van der Waals surface area contributed by atoms with Gasteiger partial charge in [-0.15, -0.1) is 13.2 Å². The van der Waals surface area contributed by atoms with E-state index in [4.69, 9.17) is 30.6 Å². The Morgan fingerprint density at radius 1 is 0.400 bits per heavy atom. The van der Waals surface area contributed by atoms with Crippen molar-refractivity contribution >= 4 is 70.1 Å². The van der Waals surface area contributed by atoms with Crippen molar-refractivity contribution < 1.29 is 62.6 Å². The number of aliphatic hydroxyl groups is 6. The quantitative estimate of drug-likeness (QED) is 0.0850. The van der Waals surface area contributed by atoms with E-state index in [1.165, 1.54) is 23.5 Å². The van der Waals surface area contributed by atoms with Crippen molar-refractivity contribution in [1.82, 2.24) is 0 Å². The maximum atomic E-state index is 9.70. The molecule has 0 aliphatic carbocycles. The van der Waals surface area contributed by atoms with Crippen molar-refractivity contribution in [2.75, 3.05) is 98.9 Å². The third-order valence-corrected chi connectivity index (χ3v) is 5.61. The number of hydrogen-bond acceptors (Lipinski definition) is 12. The van der Waals surface area contributed by atoms with Crippen LogP contribution in [0.25, 0.3) is 0 Å². The fourth-order valence-corrected chi connectivity index (χ4v) is 2.74. The molecule has 0 rings (SSSR count). The van der Waals surface area contributed by atoms with Crippen LogP contribution in [0.2, 0.25) is 0 Å². The molecule has 30 heavy (non-hydrogen) atoms. The average molecular weight is 559 g/mol. The molecule has 14 heteroatoms. The Morgan fingerprint density at radius 2 is 0.567 bits per heavy atom. The minimum Gasteiger partial charge on any atom is -0.854 e. The van der Waals surface area contributed by atoms with Crippen LogP contribution < -0.4 is 10.2 Å². The van der Waals surface area contributed by atoms with E-state index in [-0.39, 0.29) is 97.6 Å². The molecule has 0 heterocycles. The first-order valence-electron chi connectivity index (χ1n) is 8.78. The monoisotopic (exact) mass is 558 g/mol. The van der Waals surface area contributed by atoms with E-state index in [9.17, 15) is 10.2 Å². The molecule has 0 aliphatic heterocycles. The minimum absolute atomic E-state index is 0. The Kier molecular flexibility index (Phi) is 88.7. The molecule has 0 unspecified atom stereocenters. The van der Waals surface area contributed by atoms with Crippen LogP contribution in [0.5, 0.6) is 0 Å². The van der Waals surface area contributed by atoms with Gasteiger partial charge in [-0.2, -0.15) is 47.0 Å². The molecule has 0 aromatic heterocycles. The summed E-state index contributed by atoms with van der Waals surface area (Å²) in [5.74, 6) is 5.59. The van der Waals surface area contributed by atoms with E-state index in [1.807, 2.05) is 0 Å². The molecule has 0 radical (unpaired) electrons. The molecule has 0 atom stereocenters. The predicted octanol–water partition coefficient (Wildman–Crippen LogP) is -2.83. The SMILES string of the molecule is OCCSCCO.OCCSCCO.[Mg+2].[O-]CCSCCO.[O-]CCSCCO.[Ti]. The number of rotatable bonds is 16. The van der Waals surface area contributed by atoms with Crippen molar-refractivity contribution in [2.45, 2.75) is 0 Å². The molecule has 0 saturated carbocycles. The van der Waals surface area contributed by atoms with Crippen LogP contribution in [0.1, 0.15) is 0 Å². The fourth-order valence-electron chi connectivity index (χ4n) is 0.913. The predicted molar refractivity (Wildman–Crippen MR) is 127 cm³/mol. The zero-order chi connectivity index (χ0) is 22.1. The van der Waals surface area contributed by atoms with Gasteiger partial charge in [-0.1, -0.05) is 0 Å². The molecule has 0 fully saturated rings. The second-order valence-corrected chi connectivity index (χ2v) is 9.10. The minimum atomic E-state index is -0.0370. The van der Waals surface area contributed by atoms with Gasteiger partial charge < -0.3 is 40.9 Å². The van der Waals surface area contributed by atoms with Crippen LogP contribution in [-0.4, -0.2) is 153 Å². The van der Waals surface area contributed by atoms with Gasteiger partial charge in [-0.3, -0.25) is 0 Å². The van der Waals surface area contributed by atoms with Crippen molar-refractivity contribution in [3.63, 3.8) is 0 Å². The smallest absolute Gasteiger partial charge is 0.854 e. The molecule has 0 bridgehead atoms. The van der Waals surface area contributed by atoms with Gasteiger partial charge in [-0.05, 0) is 11.5 Å². The summed E-state index contributed by atoms with van der Waals surface area (Å²) in [7, 11) is 0. The molecular weight excluding hydrogens is 521 g/mol. The van der Waals surface area contributed by atoms with E-state index < -0.39 is 0 Å². The second-order valence-electron chi connectivity index (χ2n) is 4.20. The zero-order valence-electron chi connectivity index (χ0n) is 17.7. The van der Waals surface area contributed by atoms with Crippen molar-refractivity contribution in [3.05, 3.63) is 0 Å². The molecule has 0 saturated heterocycles. The van der Waals surface area contributed by atoms with E-state index in [0.29, 0.717) is 23.0 Å². The van der Waals surface area contributed by atoms with Gasteiger partial charge in [0.25, 0.3) is 0 Å². The van der Waals surface area contributed by atoms with Gasteiger partial charge in [0.05, 0.1) is 39.6 Å². The Bertz CT molecular complexity index is 168. The van der Waals surface area contributed by atoms with Gasteiger partial charge in [0.15, 0.2) is 0 Å². The topological polar surface area (TPSA) is 168 Å². The number of hydrogen-bond donors (Lipinski definition) is 6. The second kappa shape index (κ2) is 57.9. The van der Waals surface area contributed by atoms with Crippen LogP contribution in [0, 0.1) is 0 Å². The molecular formula is C16H38MgO8S4Ti. The van der Waals surface area contributed by atoms with E-state index >= 15 is 0 Å². The Labute approximate surface area is 229 Å². The molecule has 0 aliphatic rings. The molecule has 8 nitrogen and oxygen atoms in total. The van der Waals surface area contributed by atoms with E-state index in [0.717, 1.165) is 23.0 Å². The number of thioether (sulfide) groups is 4.